The minimum absolute atomic E-state index is 0.0428. The van der Waals surface area contributed by atoms with Crippen LogP contribution >= 0.6 is 0 Å². The molecule has 1 aromatic rings. The van der Waals surface area contributed by atoms with E-state index < -0.39 is 5.79 Å². The number of rotatable bonds is 4. The van der Waals surface area contributed by atoms with Crippen LogP contribution in [0, 0.1) is 0 Å². The lowest BCUT2D eigenvalue weighted by Gasteiger charge is -2.38. The molecule has 1 amide bonds. The highest BCUT2D eigenvalue weighted by molar-refractivity contribution is 5.74. The van der Waals surface area contributed by atoms with E-state index in [0.29, 0.717) is 6.54 Å². The van der Waals surface area contributed by atoms with Crippen molar-refractivity contribution in [3.63, 3.8) is 0 Å². The number of nitrogens with zero attached hydrogens (tertiary/aromatic N) is 1. The van der Waals surface area contributed by atoms with Crippen LogP contribution in [0.1, 0.15) is 32.8 Å². The third kappa shape index (κ3) is 3.45. The number of hydrogen-bond acceptors (Lipinski definition) is 3. The van der Waals surface area contributed by atoms with Gasteiger partial charge in [-0.1, -0.05) is 43.0 Å². The second-order valence-corrected chi connectivity index (χ2v) is 6.91. The Bertz CT molecular complexity index is 650. The van der Waals surface area contributed by atoms with Gasteiger partial charge in [0.1, 0.15) is 12.2 Å². The zero-order valence-corrected chi connectivity index (χ0v) is 14.6. The molecule has 0 aromatic heterocycles. The fraction of sp³-hybridized carbons (Fsp3) is 0.450. The van der Waals surface area contributed by atoms with E-state index in [4.69, 9.17) is 9.47 Å². The monoisotopic (exact) mass is 327 g/mol. The topological polar surface area (TPSA) is 38.8 Å². The molecule has 4 heteroatoms. The van der Waals surface area contributed by atoms with Gasteiger partial charge in [-0.25, -0.2) is 0 Å². The predicted octanol–water partition coefficient (Wildman–Crippen LogP) is 3.44. The Morgan fingerprint density at radius 3 is 2.67 bits per heavy atom. The number of carbonyl (C=O) groups excluding carboxylic acids is 1. The molecular weight excluding hydrogens is 302 g/mol. The Kier molecular flexibility index (Phi) is 4.61. The Labute approximate surface area is 143 Å². The van der Waals surface area contributed by atoms with E-state index in [9.17, 15) is 4.79 Å². The summed E-state index contributed by atoms with van der Waals surface area (Å²) in [7, 11) is 0. The van der Waals surface area contributed by atoms with Crippen molar-refractivity contribution in [2.45, 2.75) is 57.8 Å². The highest BCUT2D eigenvalue weighted by atomic mass is 16.8. The van der Waals surface area contributed by atoms with Crippen LogP contribution in [0.5, 0.6) is 0 Å². The van der Waals surface area contributed by atoms with E-state index in [1.54, 1.807) is 6.92 Å². The van der Waals surface area contributed by atoms with Crippen LogP contribution < -0.4 is 0 Å². The molecule has 0 spiro atoms. The fourth-order valence-electron chi connectivity index (χ4n) is 3.56. The molecule has 1 fully saturated rings. The van der Waals surface area contributed by atoms with Gasteiger partial charge < -0.3 is 14.4 Å². The summed E-state index contributed by atoms with van der Waals surface area (Å²) in [6.45, 7) is 9.90. The second-order valence-electron chi connectivity index (χ2n) is 6.91. The average molecular weight is 327 g/mol. The summed E-state index contributed by atoms with van der Waals surface area (Å²) >= 11 is 0. The Balaban J connectivity index is 1.90. The maximum absolute atomic E-state index is 12.4. The van der Waals surface area contributed by atoms with Crippen molar-refractivity contribution in [1.29, 1.82) is 0 Å². The molecule has 3 rings (SSSR count). The molecule has 4 nitrogen and oxygen atoms in total. The maximum atomic E-state index is 12.4. The molecule has 1 saturated heterocycles. The Morgan fingerprint density at radius 1 is 1.33 bits per heavy atom. The SMILES string of the molecule is C=CC1=C[C@H]2OC(C)(C)O[C@H]2[C@@H](N(Cc2ccccc2)C(C)=O)C1. The number of fused-ring (bicyclic) bond motifs is 1. The number of amides is 1. The van der Waals surface area contributed by atoms with Gasteiger partial charge >= 0.3 is 0 Å². The number of carbonyl (C=O) groups is 1. The minimum atomic E-state index is -0.643. The van der Waals surface area contributed by atoms with Crippen molar-refractivity contribution in [3.05, 3.63) is 60.2 Å². The number of hydrogen-bond donors (Lipinski definition) is 0. The maximum Gasteiger partial charge on any atom is 0.220 e. The summed E-state index contributed by atoms with van der Waals surface area (Å²) in [5.41, 5.74) is 2.21. The molecule has 0 bridgehead atoms. The first-order valence-electron chi connectivity index (χ1n) is 8.39. The van der Waals surface area contributed by atoms with E-state index in [1.165, 1.54) is 0 Å². The summed E-state index contributed by atoms with van der Waals surface area (Å²) in [5, 5.41) is 0. The summed E-state index contributed by atoms with van der Waals surface area (Å²) in [6, 6.07) is 9.97. The van der Waals surface area contributed by atoms with Crippen molar-refractivity contribution >= 4 is 5.91 Å². The van der Waals surface area contributed by atoms with Crippen molar-refractivity contribution in [2.75, 3.05) is 0 Å². The van der Waals surface area contributed by atoms with Crippen molar-refractivity contribution in [3.8, 4) is 0 Å². The molecule has 0 unspecified atom stereocenters. The molecule has 1 aliphatic carbocycles. The molecule has 0 N–H and O–H groups in total. The third-order valence-electron chi connectivity index (χ3n) is 4.63. The molecule has 2 aliphatic rings. The van der Waals surface area contributed by atoms with E-state index in [-0.39, 0.29) is 24.2 Å². The predicted molar refractivity (Wildman–Crippen MR) is 93.2 cm³/mol. The van der Waals surface area contributed by atoms with Crippen LogP contribution in [0.3, 0.4) is 0 Å². The lowest BCUT2D eigenvalue weighted by atomic mass is 9.88. The smallest absolute Gasteiger partial charge is 0.220 e. The number of ether oxygens (including phenoxy) is 2. The first-order valence-corrected chi connectivity index (χ1v) is 8.39. The highest BCUT2D eigenvalue weighted by Gasteiger charge is 2.48. The van der Waals surface area contributed by atoms with Crippen LogP contribution in [0.2, 0.25) is 0 Å². The number of allylic oxidation sites excluding steroid dienone is 1. The largest absolute Gasteiger partial charge is 0.342 e. The second kappa shape index (κ2) is 6.54. The van der Waals surface area contributed by atoms with Gasteiger partial charge in [-0.3, -0.25) is 4.79 Å². The van der Waals surface area contributed by atoms with Gasteiger partial charge in [-0.05, 0) is 37.5 Å². The van der Waals surface area contributed by atoms with Gasteiger partial charge in [0.2, 0.25) is 5.91 Å². The van der Waals surface area contributed by atoms with Crippen LogP contribution in [0.25, 0.3) is 0 Å². The van der Waals surface area contributed by atoms with Gasteiger partial charge in [0.15, 0.2) is 5.79 Å². The van der Waals surface area contributed by atoms with Gasteiger partial charge in [0.25, 0.3) is 0 Å². The zero-order valence-electron chi connectivity index (χ0n) is 14.6. The average Bonchev–Trinajstić information content (AvgIpc) is 2.86. The molecule has 1 aliphatic heterocycles. The summed E-state index contributed by atoms with van der Waals surface area (Å²) in [5.74, 6) is -0.600. The molecule has 1 heterocycles. The van der Waals surface area contributed by atoms with E-state index in [2.05, 4.69) is 12.7 Å². The molecular formula is C20H25NO3. The Morgan fingerprint density at radius 2 is 2.04 bits per heavy atom. The van der Waals surface area contributed by atoms with Crippen LogP contribution in [-0.2, 0) is 20.8 Å². The van der Waals surface area contributed by atoms with Gasteiger partial charge in [0.05, 0.1) is 6.04 Å². The minimum Gasteiger partial charge on any atom is -0.342 e. The highest BCUT2D eigenvalue weighted by Crippen LogP contribution is 2.38. The molecule has 0 saturated carbocycles. The van der Waals surface area contributed by atoms with Gasteiger partial charge in [-0.15, -0.1) is 0 Å². The van der Waals surface area contributed by atoms with Crippen LogP contribution in [-0.4, -0.2) is 34.8 Å². The van der Waals surface area contributed by atoms with Crippen molar-refractivity contribution in [1.82, 2.24) is 4.90 Å². The normalized spacial score (nSPS) is 28.0. The molecule has 1 aromatic carbocycles. The lowest BCUT2D eigenvalue weighted by Crippen LogP contribution is -2.51. The van der Waals surface area contributed by atoms with Crippen molar-refractivity contribution < 1.29 is 14.3 Å². The van der Waals surface area contributed by atoms with Gasteiger partial charge in [0, 0.05) is 13.5 Å². The van der Waals surface area contributed by atoms with Crippen molar-refractivity contribution in [2.24, 2.45) is 0 Å². The summed E-state index contributed by atoms with van der Waals surface area (Å²) in [6.07, 6.45) is 4.35. The molecule has 3 atom stereocenters. The van der Waals surface area contributed by atoms with E-state index >= 15 is 0 Å². The standard InChI is InChI=1S/C20H25NO3/c1-5-15-11-17(19-18(12-15)23-20(3,4)24-19)21(14(2)22)13-16-9-7-6-8-10-16/h5-10,12,17-19H,1,11,13H2,2-4H3/t17-,18+,19-/m0/s1. The first kappa shape index (κ1) is 16.9. The summed E-state index contributed by atoms with van der Waals surface area (Å²) in [4.78, 5) is 14.3. The van der Waals surface area contributed by atoms with E-state index in [1.807, 2.05) is 55.2 Å². The third-order valence-corrected chi connectivity index (χ3v) is 4.63. The van der Waals surface area contributed by atoms with E-state index in [0.717, 1.165) is 17.6 Å². The molecule has 24 heavy (non-hydrogen) atoms. The fourth-order valence-corrected chi connectivity index (χ4v) is 3.56. The molecule has 0 radical (unpaired) electrons. The zero-order chi connectivity index (χ0) is 17.3. The molecule has 128 valence electrons. The first-order chi connectivity index (χ1) is 11.4. The van der Waals surface area contributed by atoms with Crippen LogP contribution in [0.15, 0.2) is 54.6 Å². The summed E-state index contributed by atoms with van der Waals surface area (Å²) < 4.78 is 12.1. The lowest BCUT2D eigenvalue weighted by molar-refractivity contribution is -0.154. The Hall–Kier alpha value is -1.91. The number of benzene rings is 1. The quantitative estimate of drug-likeness (QED) is 0.850. The van der Waals surface area contributed by atoms with Gasteiger partial charge in [-0.2, -0.15) is 0 Å². The van der Waals surface area contributed by atoms with Crippen LogP contribution in [0.4, 0.5) is 0 Å².